The lowest BCUT2D eigenvalue weighted by Gasteiger charge is -2.12. The molecular formula is C28H25NO4. The lowest BCUT2D eigenvalue weighted by atomic mass is 10.1. The molecule has 0 bridgehead atoms. The summed E-state index contributed by atoms with van der Waals surface area (Å²) in [5, 5.41) is 1.10. The van der Waals surface area contributed by atoms with Gasteiger partial charge in [-0.1, -0.05) is 30.3 Å². The summed E-state index contributed by atoms with van der Waals surface area (Å²) in [6.45, 7) is 5.29. The maximum absolute atomic E-state index is 13.1. The van der Waals surface area contributed by atoms with Crippen molar-refractivity contribution in [2.45, 2.75) is 27.0 Å². The van der Waals surface area contributed by atoms with E-state index in [9.17, 15) is 4.79 Å². The van der Waals surface area contributed by atoms with Crippen LogP contribution in [0.4, 0.5) is 0 Å². The van der Waals surface area contributed by atoms with Gasteiger partial charge in [0, 0.05) is 34.8 Å². The number of rotatable bonds is 6. The van der Waals surface area contributed by atoms with Crippen molar-refractivity contribution in [3.8, 4) is 17.2 Å². The molecule has 4 aromatic rings. The number of hydrogen-bond acceptors (Lipinski definition) is 4. The van der Waals surface area contributed by atoms with Gasteiger partial charge < -0.3 is 18.8 Å². The summed E-state index contributed by atoms with van der Waals surface area (Å²) in [7, 11) is 1.64. The first-order valence-electron chi connectivity index (χ1n) is 11.0. The highest BCUT2D eigenvalue weighted by Gasteiger charge is 2.30. The Morgan fingerprint density at radius 3 is 2.58 bits per heavy atom. The van der Waals surface area contributed by atoms with Crippen LogP contribution in [0.25, 0.3) is 17.0 Å². The fraction of sp³-hybridized carbons (Fsp3) is 0.179. The Balaban J connectivity index is 1.41. The first-order valence-corrected chi connectivity index (χ1v) is 11.0. The van der Waals surface area contributed by atoms with E-state index in [0.29, 0.717) is 29.4 Å². The van der Waals surface area contributed by atoms with Gasteiger partial charge in [-0.3, -0.25) is 4.79 Å². The number of benzene rings is 3. The summed E-state index contributed by atoms with van der Waals surface area (Å²) in [5.74, 6) is 2.29. The van der Waals surface area contributed by atoms with Crippen molar-refractivity contribution in [1.82, 2.24) is 4.57 Å². The van der Waals surface area contributed by atoms with Crippen molar-refractivity contribution in [3.05, 3.63) is 94.9 Å². The molecule has 0 aliphatic carbocycles. The average molecular weight is 440 g/mol. The molecular weight excluding hydrogens is 414 g/mol. The quantitative estimate of drug-likeness (QED) is 0.337. The summed E-state index contributed by atoms with van der Waals surface area (Å²) in [4.78, 5) is 13.1. The van der Waals surface area contributed by atoms with Crippen LogP contribution in [0.5, 0.6) is 17.2 Å². The van der Waals surface area contributed by atoms with Gasteiger partial charge in [-0.25, -0.2) is 0 Å². The number of aromatic nitrogens is 1. The molecule has 0 saturated carbocycles. The first-order chi connectivity index (χ1) is 16.1. The predicted octanol–water partition coefficient (Wildman–Crippen LogP) is 6.17. The van der Waals surface area contributed by atoms with Crippen molar-refractivity contribution >= 4 is 22.8 Å². The Kier molecular flexibility index (Phi) is 5.38. The van der Waals surface area contributed by atoms with Gasteiger partial charge >= 0.3 is 0 Å². The molecule has 0 spiro atoms. The Morgan fingerprint density at radius 1 is 1.03 bits per heavy atom. The second-order valence-corrected chi connectivity index (χ2v) is 8.03. The maximum atomic E-state index is 13.1. The second-order valence-electron chi connectivity index (χ2n) is 8.03. The van der Waals surface area contributed by atoms with E-state index in [2.05, 4.69) is 29.8 Å². The number of para-hydroxylation sites is 1. The zero-order chi connectivity index (χ0) is 22.9. The highest BCUT2D eigenvalue weighted by Crippen LogP contribution is 2.40. The van der Waals surface area contributed by atoms with E-state index >= 15 is 0 Å². The molecule has 0 radical (unpaired) electrons. The van der Waals surface area contributed by atoms with E-state index in [1.807, 2.05) is 55.5 Å². The minimum absolute atomic E-state index is 0.108. The van der Waals surface area contributed by atoms with Crippen LogP contribution >= 0.6 is 0 Å². The summed E-state index contributed by atoms with van der Waals surface area (Å²) in [6.07, 6.45) is 3.90. The number of carbonyl (C=O) groups is 1. The van der Waals surface area contributed by atoms with Crippen molar-refractivity contribution in [2.75, 3.05) is 7.11 Å². The molecule has 5 heteroatoms. The molecule has 5 rings (SSSR count). The number of carbonyl (C=O) groups excluding carboxylic acids is 1. The molecule has 0 N–H and O–H groups in total. The summed E-state index contributed by atoms with van der Waals surface area (Å²) in [5.41, 5.74) is 4.52. The normalized spacial score (nSPS) is 13.9. The number of ketones is 1. The molecule has 33 heavy (non-hydrogen) atoms. The molecule has 0 saturated heterocycles. The van der Waals surface area contributed by atoms with Gasteiger partial charge in [0.2, 0.25) is 5.78 Å². The SMILES string of the molecule is CCn1cc(/C=C2/Oc3c(ccc(OCc4ccc(OC)cc4)c3C)C2=O)c2ccccc21. The number of allylic oxidation sites excluding steroid dienone is 1. The molecule has 1 aromatic heterocycles. The van der Waals surface area contributed by atoms with E-state index < -0.39 is 0 Å². The van der Waals surface area contributed by atoms with Gasteiger partial charge in [0.25, 0.3) is 0 Å². The Bertz CT molecular complexity index is 1380. The van der Waals surface area contributed by atoms with Crippen LogP contribution in [-0.4, -0.2) is 17.5 Å². The number of aryl methyl sites for hydroxylation is 1. The molecule has 0 unspecified atom stereocenters. The number of fused-ring (bicyclic) bond motifs is 2. The van der Waals surface area contributed by atoms with Gasteiger partial charge in [-0.2, -0.15) is 0 Å². The average Bonchev–Trinajstić information content (AvgIpc) is 3.37. The lowest BCUT2D eigenvalue weighted by Crippen LogP contribution is -1.98. The van der Waals surface area contributed by atoms with Crippen LogP contribution in [-0.2, 0) is 13.2 Å². The molecule has 166 valence electrons. The van der Waals surface area contributed by atoms with E-state index in [1.165, 1.54) is 0 Å². The number of hydrogen-bond donors (Lipinski definition) is 0. The largest absolute Gasteiger partial charge is 0.497 e. The molecule has 1 aliphatic heterocycles. The fourth-order valence-corrected chi connectivity index (χ4v) is 4.20. The maximum Gasteiger partial charge on any atom is 0.231 e. The van der Waals surface area contributed by atoms with E-state index in [1.54, 1.807) is 13.2 Å². The van der Waals surface area contributed by atoms with Gasteiger partial charge in [0.15, 0.2) is 5.76 Å². The standard InChI is InChI=1S/C28H25NO4/c1-4-29-16-20(22-7-5-6-8-24(22)29)15-26-27(30)23-13-14-25(18(2)28(23)33-26)32-17-19-9-11-21(31-3)12-10-19/h5-16H,4,17H2,1-3H3/b26-15+. The summed E-state index contributed by atoms with van der Waals surface area (Å²) < 4.78 is 19.5. The first kappa shape index (κ1) is 20.9. The molecule has 1 aliphatic rings. The van der Waals surface area contributed by atoms with Crippen molar-refractivity contribution in [1.29, 1.82) is 0 Å². The van der Waals surface area contributed by atoms with Gasteiger partial charge in [-0.15, -0.1) is 0 Å². The predicted molar refractivity (Wildman–Crippen MR) is 129 cm³/mol. The third kappa shape index (κ3) is 3.76. The molecule has 0 amide bonds. The highest BCUT2D eigenvalue weighted by atomic mass is 16.5. The molecule has 3 aromatic carbocycles. The lowest BCUT2D eigenvalue weighted by molar-refractivity contribution is 0.101. The van der Waals surface area contributed by atoms with Crippen LogP contribution in [0, 0.1) is 6.92 Å². The van der Waals surface area contributed by atoms with Crippen LogP contribution in [0.15, 0.2) is 72.6 Å². The highest BCUT2D eigenvalue weighted by molar-refractivity contribution is 6.15. The third-order valence-electron chi connectivity index (χ3n) is 6.04. The van der Waals surface area contributed by atoms with E-state index in [-0.39, 0.29) is 5.78 Å². The Morgan fingerprint density at radius 2 is 1.82 bits per heavy atom. The fourth-order valence-electron chi connectivity index (χ4n) is 4.20. The molecule has 0 fully saturated rings. The smallest absolute Gasteiger partial charge is 0.231 e. The molecule has 5 nitrogen and oxygen atoms in total. The van der Waals surface area contributed by atoms with E-state index in [0.717, 1.165) is 39.9 Å². The van der Waals surface area contributed by atoms with Crippen LogP contribution in [0.1, 0.15) is 34.0 Å². The van der Waals surface area contributed by atoms with Crippen LogP contribution < -0.4 is 14.2 Å². The number of Topliss-reactive ketones (excluding diaryl/α,β-unsaturated/α-hetero) is 1. The number of ether oxygens (including phenoxy) is 3. The zero-order valence-corrected chi connectivity index (χ0v) is 18.9. The van der Waals surface area contributed by atoms with Crippen molar-refractivity contribution < 1.29 is 19.0 Å². The summed E-state index contributed by atoms with van der Waals surface area (Å²) in [6, 6.07) is 19.5. The Hall–Kier alpha value is -3.99. The van der Waals surface area contributed by atoms with Crippen LogP contribution in [0.3, 0.4) is 0 Å². The number of nitrogens with zero attached hydrogens (tertiary/aromatic N) is 1. The minimum Gasteiger partial charge on any atom is -0.497 e. The van der Waals surface area contributed by atoms with Gasteiger partial charge in [0.1, 0.15) is 23.9 Å². The van der Waals surface area contributed by atoms with Crippen molar-refractivity contribution in [3.63, 3.8) is 0 Å². The third-order valence-corrected chi connectivity index (χ3v) is 6.04. The molecule has 0 atom stereocenters. The minimum atomic E-state index is -0.108. The van der Waals surface area contributed by atoms with Gasteiger partial charge in [0.05, 0.1) is 12.7 Å². The number of methoxy groups -OCH3 is 1. The molecule has 2 heterocycles. The van der Waals surface area contributed by atoms with Crippen LogP contribution in [0.2, 0.25) is 0 Å². The monoisotopic (exact) mass is 439 g/mol. The van der Waals surface area contributed by atoms with E-state index in [4.69, 9.17) is 14.2 Å². The van der Waals surface area contributed by atoms with Gasteiger partial charge in [-0.05, 0) is 55.8 Å². The zero-order valence-electron chi connectivity index (χ0n) is 18.9. The van der Waals surface area contributed by atoms with Crippen molar-refractivity contribution in [2.24, 2.45) is 0 Å². The summed E-state index contributed by atoms with van der Waals surface area (Å²) >= 11 is 0. The topological polar surface area (TPSA) is 49.7 Å². The Labute approximate surface area is 192 Å². The second kappa shape index (κ2) is 8.51.